The number of nitrogens with zero attached hydrogens (tertiary/aromatic N) is 2. The average Bonchev–Trinajstić information content (AvgIpc) is 3.29. The van der Waals surface area contributed by atoms with Gasteiger partial charge in [-0.25, -0.2) is 0 Å². The van der Waals surface area contributed by atoms with Crippen LogP contribution in [0.3, 0.4) is 0 Å². The van der Waals surface area contributed by atoms with Crippen LogP contribution in [0.5, 0.6) is 5.75 Å². The molecule has 8 nitrogen and oxygen atoms in total. The number of carboxylic acid groups (broad SMARTS) is 1. The maximum atomic E-state index is 12.4. The molecule has 1 aliphatic carbocycles. The molecule has 1 amide bonds. The van der Waals surface area contributed by atoms with Gasteiger partial charge in [0.15, 0.2) is 0 Å². The van der Waals surface area contributed by atoms with Crippen molar-refractivity contribution in [3.8, 4) is 17.1 Å². The number of carbonyl (C=O) groups excluding carboxylic acids is 1. The summed E-state index contributed by atoms with van der Waals surface area (Å²) in [5, 5.41) is 15.8. The van der Waals surface area contributed by atoms with E-state index < -0.39 is 24.0 Å². The fourth-order valence-electron chi connectivity index (χ4n) is 3.82. The molecule has 0 unspecified atom stereocenters. The second-order valence-corrected chi connectivity index (χ2v) is 7.95. The predicted octanol–water partition coefficient (Wildman–Crippen LogP) is 5.25. The number of ether oxygens (including phenoxy) is 1. The van der Waals surface area contributed by atoms with Crippen molar-refractivity contribution >= 4 is 17.6 Å². The highest BCUT2D eigenvalue weighted by atomic mass is 19.4. The molecule has 2 aromatic carbocycles. The highest BCUT2D eigenvalue weighted by Gasteiger charge is 2.31. The van der Waals surface area contributed by atoms with Gasteiger partial charge in [-0.15, -0.1) is 13.2 Å². The highest BCUT2D eigenvalue weighted by molar-refractivity contribution is 6.04. The summed E-state index contributed by atoms with van der Waals surface area (Å²) in [5.41, 5.74) is 1.31. The molecule has 0 radical (unpaired) electrons. The number of alkyl halides is 3. The minimum atomic E-state index is -4.80. The van der Waals surface area contributed by atoms with Crippen molar-refractivity contribution in [3.05, 3.63) is 60.0 Å². The van der Waals surface area contributed by atoms with Gasteiger partial charge in [-0.05, 0) is 74.2 Å². The summed E-state index contributed by atoms with van der Waals surface area (Å²) in [5.74, 6) is -1.11. The Kier molecular flexibility index (Phi) is 6.53. The second-order valence-electron chi connectivity index (χ2n) is 7.95. The zero-order valence-electron chi connectivity index (χ0n) is 17.7. The van der Waals surface area contributed by atoms with Crippen LogP contribution in [0, 0.1) is 5.92 Å². The molecule has 4 rings (SSSR count). The number of halogens is 3. The minimum absolute atomic E-state index is 0.0309. The molecule has 1 heterocycles. The third kappa shape index (κ3) is 5.72. The van der Waals surface area contributed by atoms with E-state index in [1.165, 1.54) is 12.1 Å². The zero-order chi connectivity index (χ0) is 24.3. The Morgan fingerprint density at radius 1 is 1.00 bits per heavy atom. The van der Waals surface area contributed by atoms with E-state index in [9.17, 15) is 22.8 Å². The van der Waals surface area contributed by atoms with Gasteiger partial charge in [-0.2, -0.15) is 4.98 Å². The van der Waals surface area contributed by atoms with Gasteiger partial charge in [0.25, 0.3) is 5.91 Å². The summed E-state index contributed by atoms with van der Waals surface area (Å²) in [7, 11) is 0. The lowest BCUT2D eigenvalue weighted by atomic mass is 9.82. The van der Waals surface area contributed by atoms with Crippen molar-refractivity contribution in [2.75, 3.05) is 5.32 Å². The molecule has 1 fully saturated rings. The number of aromatic nitrogens is 2. The maximum absolute atomic E-state index is 12.4. The van der Waals surface area contributed by atoms with Crippen LogP contribution in [0.4, 0.5) is 18.9 Å². The zero-order valence-corrected chi connectivity index (χ0v) is 17.7. The van der Waals surface area contributed by atoms with E-state index in [1.54, 1.807) is 24.3 Å². The first-order valence-electron chi connectivity index (χ1n) is 10.5. The first-order chi connectivity index (χ1) is 16.2. The lowest BCUT2D eigenvalue weighted by Gasteiger charge is -2.23. The van der Waals surface area contributed by atoms with E-state index in [0.29, 0.717) is 48.6 Å². The van der Waals surface area contributed by atoms with E-state index in [-0.39, 0.29) is 17.4 Å². The molecule has 0 aliphatic heterocycles. The fourth-order valence-corrected chi connectivity index (χ4v) is 3.82. The predicted molar refractivity (Wildman–Crippen MR) is 113 cm³/mol. The Balaban J connectivity index is 1.35. The van der Waals surface area contributed by atoms with Gasteiger partial charge in [0, 0.05) is 22.7 Å². The Morgan fingerprint density at radius 2 is 1.65 bits per heavy atom. The van der Waals surface area contributed by atoms with Gasteiger partial charge in [-0.3, -0.25) is 9.59 Å². The van der Waals surface area contributed by atoms with E-state index in [0.717, 1.165) is 12.1 Å². The SMILES string of the molecule is O=C(Nc1ccc(-c2noc([C@H]3CC[C@H](C(=O)O)CC3)n2)cc1)c1ccc(OC(F)(F)F)cc1. The first kappa shape index (κ1) is 23.3. The molecule has 11 heteroatoms. The van der Waals surface area contributed by atoms with Crippen LogP contribution in [0.25, 0.3) is 11.4 Å². The molecule has 2 N–H and O–H groups in total. The molecule has 0 spiro atoms. The van der Waals surface area contributed by atoms with Gasteiger partial charge in [-0.1, -0.05) is 5.16 Å². The number of benzene rings is 2. The van der Waals surface area contributed by atoms with Crippen molar-refractivity contribution in [1.29, 1.82) is 0 Å². The third-order valence-corrected chi connectivity index (χ3v) is 5.62. The second kappa shape index (κ2) is 9.54. The van der Waals surface area contributed by atoms with Crippen molar-refractivity contribution in [3.63, 3.8) is 0 Å². The van der Waals surface area contributed by atoms with Crippen molar-refractivity contribution in [2.24, 2.45) is 5.92 Å². The van der Waals surface area contributed by atoms with Crippen LogP contribution in [-0.4, -0.2) is 33.5 Å². The van der Waals surface area contributed by atoms with Gasteiger partial charge in [0.1, 0.15) is 5.75 Å². The van der Waals surface area contributed by atoms with Crippen LogP contribution in [0.2, 0.25) is 0 Å². The van der Waals surface area contributed by atoms with Crippen LogP contribution in [0.1, 0.15) is 47.8 Å². The third-order valence-electron chi connectivity index (χ3n) is 5.62. The molecule has 0 atom stereocenters. The molecule has 1 saturated carbocycles. The number of carbonyl (C=O) groups is 2. The molecule has 34 heavy (non-hydrogen) atoms. The molecular formula is C23H20F3N3O5. The largest absolute Gasteiger partial charge is 0.573 e. The van der Waals surface area contributed by atoms with Gasteiger partial charge in [0.05, 0.1) is 5.92 Å². The number of nitrogens with one attached hydrogen (secondary N) is 1. The molecule has 0 bridgehead atoms. The summed E-state index contributed by atoms with van der Waals surface area (Å²) < 4.78 is 45.9. The number of hydrogen-bond acceptors (Lipinski definition) is 6. The summed E-state index contributed by atoms with van der Waals surface area (Å²) in [4.78, 5) is 27.9. The van der Waals surface area contributed by atoms with Crippen molar-refractivity contribution in [2.45, 2.75) is 38.0 Å². The normalized spacial score (nSPS) is 18.3. The van der Waals surface area contributed by atoms with E-state index in [4.69, 9.17) is 9.63 Å². The Labute approximate surface area is 191 Å². The van der Waals surface area contributed by atoms with Crippen LogP contribution < -0.4 is 10.1 Å². The Morgan fingerprint density at radius 3 is 2.24 bits per heavy atom. The van der Waals surface area contributed by atoms with E-state index >= 15 is 0 Å². The highest BCUT2D eigenvalue weighted by Crippen LogP contribution is 2.35. The van der Waals surface area contributed by atoms with Crippen LogP contribution in [-0.2, 0) is 4.79 Å². The molecule has 1 aromatic heterocycles. The van der Waals surface area contributed by atoms with Crippen molar-refractivity contribution in [1.82, 2.24) is 10.1 Å². The number of aliphatic carboxylic acids is 1. The summed E-state index contributed by atoms with van der Waals surface area (Å²) in [6.45, 7) is 0. The summed E-state index contributed by atoms with van der Waals surface area (Å²) in [6.07, 6.45) is -2.31. The molecule has 178 valence electrons. The van der Waals surface area contributed by atoms with E-state index in [1.807, 2.05) is 0 Å². The molecular weight excluding hydrogens is 455 g/mol. The van der Waals surface area contributed by atoms with Gasteiger partial charge < -0.3 is 19.7 Å². The topological polar surface area (TPSA) is 115 Å². The average molecular weight is 475 g/mol. The van der Waals surface area contributed by atoms with Crippen molar-refractivity contribution < 1.29 is 37.1 Å². The summed E-state index contributed by atoms with van der Waals surface area (Å²) >= 11 is 0. The molecule has 0 saturated heterocycles. The first-order valence-corrected chi connectivity index (χ1v) is 10.5. The number of rotatable bonds is 6. The smallest absolute Gasteiger partial charge is 0.481 e. The maximum Gasteiger partial charge on any atom is 0.573 e. The van der Waals surface area contributed by atoms with Gasteiger partial charge in [0.2, 0.25) is 11.7 Å². The fraction of sp³-hybridized carbons (Fsp3) is 0.304. The lowest BCUT2D eigenvalue weighted by Crippen LogP contribution is -2.20. The minimum Gasteiger partial charge on any atom is -0.481 e. The van der Waals surface area contributed by atoms with Crippen LogP contribution >= 0.6 is 0 Å². The number of amides is 1. The van der Waals surface area contributed by atoms with Crippen LogP contribution in [0.15, 0.2) is 53.1 Å². The van der Waals surface area contributed by atoms with E-state index in [2.05, 4.69) is 20.2 Å². The quantitative estimate of drug-likeness (QED) is 0.501. The number of carboxylic acids is 1. The lowest BCUT2D eigenvalue weighted by molar-refractivity contribution is -0.274. The molecule has 1 aliphatic rings. The van der Waals surface area contributed by atoms with Gasteiger partial charge >= 0.3 is 12.3 Å². The number of anilines is 1. The Hall–Kier alpha value is -3.89. The Bertz CT molecular complexity index is 1150. The monoisotopic (exact) mass is 475 g/mol. The number of hydrogen-bond donors (Lipinski definition) is 2. The molecule has 3 aromatic rings. The standard InChI is InChI=1S/C23H20F3N3O5/c24-23(25,26)33-18-11-7-14(8-12-18)20(30)27-17-9-5-13(6-10-17)19-28-21(34-29-19)15-1-3-16(4-2-15)22(31)32/h5-12,15-16H,1-4H2,(H,27,30)(H,31,32)/t15-,16-. The summed E-state index contributed by atoms with van der Waals surface area (Å²) in [6, 6.07) is 11.3.